The Morgan fingerprint density at radius 1 is 1.29 bits per heavy atom. The number of hydrogen-bond donors (Lipinski definition) is 0. The fourth-order valence-electron chi connectivity index (χ4n) is 2.43. The maximum absolute atomic E-state index is 12.3. The molecule has 0 aromatic carbocycles. The molecule has 0 radical (unpaired) electrons. The van der Waals surface area contributed by atoms with Crippen molar-refractivity contribution in [2.75, 3.05) is 25.0 Å². The van der Waals surface area contributed by atoms with Crippen LogP contribution in [0.3, 0.4) is 0 Å². The van der Waals surface area contributed by atoms with Crippen LogP contribution in [0.5, 0.6) is 0 Å². The van der Waals surface area contributed by atoms with Gasteiger partial charge in [0, 0.05) is 38.7 Å². The molecule has 0 aliphatic carbocycles. The molecule has 21 heavy (non-hydrogen) atoms. The standard InChI is InChI=1S/C16H18N4O/c1-19(16(21)9-13-5-4-7-17-10-13)14-11-20(12-14)15-6-2-3-8-18-15/h2-8,10,14H,9,11-12H2,1H3. The van der Waals surface area contributed by atoms with Crippen LogP contribution in [0.1, 0.15) is 5.56 Å². The average molecular weight is 282 g/mol. The van der Waals surface area contributed by atoms with Crippen LogP contribution >= 0.6 is 0 Å². The number of carbonyl (C=O) groups excluding carboxylic acids is 1. The van der Waals surface area contributed by atoms with E-state index in [1.165, 1.54) is 0 Å². The minimum atomic E-state index is 0.133. The molecular weight excluding hydrogens is 264 g/mol. The highest BCUT2D eigenvalue weighted by atomic mass is 16.2. The lowest BCUT2D eigenvalue weighted by atomic mass is 10.1. The normalized spacial score (nSPS) is 14.6. The van der Waals surface area contributed by atoms with Crippen LogP contribution in [0.25, 0.3) is 0 Å². The van der Waals surface area contributed by atoms with Crippen LogP contribution in [0.2, 0.25) is 0 Å². The van der Waals surface area contributed by atoms with Crippen molar-refractivity contribution in [2.24, 2.45) is 0 Å². The SMILES string of the molecule is CN(C(=O)Cc1cccnc1)C1CN(c2ccccn2)C1. The molecule has 1 saturated heterocycles. The molecule has 0 unspecified atom stereocenters. The number of anilines is 1. The van der Waals surface area contributed by atoms with Crippen LogP contribution in [0, 0.1) is 0 Å². The van der Waals surface area contributed by atoms with Gasteiger partial charge in [-0.3, -0.25) is 9.78 Å². The van der Waals surface area contributed by atoms with E-state index in [1.54, 1.807) is 18.6 Å². The van der Waals surface area contributed by atoms with Crippen LogP contribution in [0.15, 0.2) is 48.9 Å². The first-order valence-corrected chi connectivity index (χ1v) is 7.04. The third-order valence-corrected chi connectivity index (χ3v) is 3.85. The topological polar surface area (TPSA) is 49.3 Å². The molecule has 5 heteroatoms. The van der Waals surface area contributed by atoms with Gasteiger partial charge < -0.3 is 9.80 Å². The van der Waals surface area contributed by atoms with Crippen molar-refractivity contribution in [3.8, 4) is 0 Å². The second-order valence-electron chi connectivity index (χ2n) is 5.29. The van der Waals surface area contributed by atoms with Gasteiger partial charge in [-0.05, 0) is 23.8 Å². The van der Waals surface area contributed by atoms with E-state index in [4.69, 9.17) is 0 Å². The molecule has 0 bridgehead atoms. The van der Waals surface area contributed by atoms with Crippen LogP contribution in [0.4, 0.5) is 5.82 Å². The summed E-state index contributed by atoms with van der Waals surface area (Å²) < 4.78 is 0. The first kappa shape index (κ1) is 13.5. The molecular formula is C16H18N4O. The third kappa shape index (κ3) is 3.02. The number of hydrogen-bond acceptors (Lipinski definition) is 4. The fourth-order valence-corrected chi connectivity index (χ4v) is 2.43. The van der Waals surface area contributed by atoms with Gasteiger partial charge in [-0.25, -0.2) is 4.98 Å². The molecule has 0 atom stereocenters. The van der Waals surface area contributed by atoms with E-state index in [2.05, 4.69) is 14.9 Å². The minimum Gasteiger partial charge on any atom is -0.352 e. The van der Waals surface area contributed by atoms with E-state index in [0.29, 0.717) is 6.42 Å². The van der Waals surface area contributed by atoms with Crippen molar-refractivity contribution in [3.63, 3.8) is 0 Å². The molecule has 2 aromatic rings. The van der Waals surface area contributed by atoms with Crippen molar-refractivity contribution in [1.82, 2.24) is 14.9 Å². The first-order chi connectivity index (χ1) is 10.2. The van der Waals surface area contributed by atoms with Gasteiger partial charge in [0.2, 0.25) is 5.91 Å². The lowest BCUT2D eigenvalue weighted by Crippen LogP contribution is -2.60. The highest BCUT2D eigenvalue weighted by Gasteiger charge is 2.32. The van der Waals surface area contributed by atoms with Crippen molar-refractivity contribution in [3.05, 3.63) is 54.5 Å². The summed E-state index contributed by atoms with van der Waals surface area (Å²) >= 11 is 0. The lowest BCUT2D eigenvalue weighted by molar-refractivity contribution is -0.131. The van der Waals surface area contributed by atoms with E-state index in [9.17, 15) is 4.79 Å². The summed E-state index contributed by atoms with van der Waals surface area (Å²) in [5.74, 6) is 1.11. The maximum Gasteiger partial charge on any atom is 0.227 e. The number of carbonyl (C=O) groups is 1. The largest absolute Gasteiger partial charge is 0.352 e. The maximum atomic E-state index is 12.3. The number of amides is 1. The molecule has 0 N–H and O–H groups in total. The monoisotopic (exact) mass is 282 g/mol. The van der Waals surface area contributed by atoms with Crippen LogP contribution in [-0.2, 0) is 11.2 Å². The number of rotatable bonds is 4. The Kier molecular flexibility index (Phi) is 3.81. The zero-order chi connectivity index (χ0) is 14.7. The molecule has 1 amide bonds. The summed E-state index contributed by atoms with van der Waals surface area (Å²) in [6.07, 6.45) is 5.66. The molecule has 0 saturated carbocycles. The molecule has 1 aliphatic rings. The molecule has 0 spiro atoms. The van der Waals surface area contributed by atoms with Crippen LogP contribution < -0.4 is 4.90 Å². The Hall–Kier alpha value is -2.43. The van der Waals surface area contributed by atoms with E-state index in [1.807, 2.05) is 42.3 Å². The zero-order valence-corrected chi connectivity index (χ0v) is 12.0. The summed E-state index contributed by atoms with van der Waals surface area (Å²) in [6, 6.07) is 9.93. The Bertz CT molecular complexity index is 596. The van der Waals surface area contributed by atoms with Crippen molar-refractivity contribution < 1.29 is 4.79 Å². The summed E-state index contributed by atoms with van der Waals surface area (Å²) in [5.41, 5.74) is 0.954. The average Bonchev–Trinajstić information content (AvgIpc) is 2.48. The second-order valence-corrected chi connectivity index (χ2v) is 5.29. The zero-order valence-electron chi connectivity index (χ0n) is 12.0. The molecule has 108 valence electrons. The van der Waals surface area contributed by atoms with Gasteiger partial charge in [0.05, 0.1) is 12.5 Å². The van der Waals surface area contributed by atoms with E-state index in [-0.39, 0.29) is 11.9 Å². The van der Waals surface area contributed by atoms with E-state index < -0.39 is 0 Å². The molecule has 3 rings (SSSR count). The smallest absolute Gasteiger partial charge is 0.227 e. The Morgan fingerprint density at radius 2 is 2.14 bits per heavy atom. The number of aromatic nitrogens is 2. The van der Waals surface area contributed by atoms with Crippen LogP contribution in [-0.4, -0.2) is 47.0 Å². The van der Waals surface area contributed by atoms with Gasteiger partial charge in [-0.2, -0.15) is 0 Å². The number of pyridine rings is 2. The number of nitrogens with zero attached hydrogens (tertiary/aromatic N) is 4. The summed E-state index contributed by atoms with van der Waals surface area (Å²) in [7, 11) is 1.87. The van der Waals surface area contributed by atoms with E-state index in [0.717, 1.165) is 24.5 Å². The molecule has 5 nitrogen and oxygen atoms in total. The third-order valence-electron chi connectivity index (χ3n) is 3.85. The van der Waals surface area contributed by atoms with Gasteiger partial charge in [-0.15, -0.1) is 0 Å². The second kappa shape index (κ2) is 5.91. The summed E-state index contributed by atoms with van der Waals surface area (Å²) in [6.45, 7) is 1.68. The van der Waals surface area contributed by atoms with Gasteiger partial charge in [-0.1, -0.05) is 12.1 Å². The first-order valence-electron chi connectivity index (χ1n) is 7.04. The summed E-state index contributed by atoms with van der Waals surface area (Å²) in [5, 5.41) is 0. The van der Waals surface area contributed by atoms with Gasteiger partial charge in [0.25, 0.3) is 0 Å². The fraction of sp³-hybridized carbons (Fsp3) is 0.312. The highest BCUT2D eigenvalue weighted by molar-refractivity contribution is 5.79. The Balaban J connectivity index is 1.53. The van der Waals surface area contributed by atoms with Crippen molar-refractivity contribution >= 4 is 11.7 Å². The minimum absolute atomic E-state index is 0.133. The predicted molar refractivity (Wildman–Crippen MR) is 80.9 cm³/mol. The van der Waals surface area contributed by atoms with Gasteiger partial charge >= 0.3 is 0 Å². The molecule has 1 fully saturated rings. The van der Waals surface area contributed by atoms with Crippen molar-refractivity contribution in [1.29, 1.82) is 0 Å². The lowest BCUT2D eigenvalue weighted by Gasteiger charge is -2.44. The summed E-state index contributed by atoms with van der Waals surface area (Å²) in [4.78, 5) is 24.6. The Morgan fingerprint density at radius 3 is 2.81 bits per heavy atom. The Labute approximate surface area is 124 Å². The molecule has 1 aliphatic heterocycles. The predicted octanol–water partition coefficient (Wildman–Crippen LogP) is 1.37. The van der Waals surface area contributed by atoms with Gasteiger partial charge in [0.1, 0.15) is 5.82 Å². The highest BCUT2D eigenvalue weighted by Crippen LogP contribution is 2.21. The molecule has 3 heterocycles. The molecule has 2 aromatic heterocycles. The van der Waals surface area contributed by atoms with Gasteiger partial charge in [0.15, 0.2) is 0 Å². The van der Waals surface area contributed by atoms with E-state index >= 15 is 0 Å². The number of likely N-dealkylation sites (N-methyl/N-ethyl adjacent to an activating group) is 1. The quantitative estimate of drug-likeness (QED) is 0.850. The van der Waals surface area contributed by atoms with Crippen molar-refractivity contribution in [2.45, 2.75) is 12.5 Å².